The van der Waals surface area contributed by atoms with Gasteiger partial charge in [0, 0.05) is 44.7 Å². The Labute approximate surface area is 302 Å². The first-order valence-corrected chi connectivity index (χ1v) is 15.7. The summed E-state index contributed by atoms with van der Waals surface area (Å²) in [5.74, 6) is -0.196. The van der Waals surface area contributed by atoms with Crippen LogP contribution in [0.4, 0.5) is 25.8 Å². The summed E-state index contributed by atoms with van der Waals surface area (Å²) in [7, 11) is 3.53. The molecule has 0 atom stereocenters. The van der Waals surface area contributed by atoms with Crippen LogP contribution in [0.3, 0.4) is 0 Å². The third-order valence-electron chi connectivity index (χ3n) is 7.31. The van der Waals surface area contributed by atoms with Gasteiger partial charge in [-0.3, -0.25) is 20.2 Å². The molecule has 0 aliphatic carbocycles. The topological polar surface area (TPSA) is 224 Å². The highest BCUT2D eigenvalue weighted by Gasteiger charge is 2.35. The molecule has 0 saturated heterocycles. The minimum atomic E-state index is -1.02. The van der Waals surface area contributed by atoms with E-state index in [1.165, 1.54) is 26.4 Å². The lowest BCUT2D eigenvalue weighted by atomic mass is 9.78. The van der Waals surface area contributed by atoms with E-state index in [2.05, 4.69) is 25.8 Å². The Bertz CT molecular complexity index is 1570. The van der Waals surface area contributed by atoms with Gasteiger partial charge in [0.1, 0.15) is 18.1 Å². The van der Waals surface area contributed by atoms with Gasteiger partial charge in [-0.2, -0.15) is 0 Å². The number of aliphatic hydroxyl groups is 1. The lowest BCUT2D eigenvalue weighted by Gasteiger charge is -2.29. The van der Waals surface area contributed by atoms with Crippen molar-refractivity contribution in [2.75, 3.05) is 34.5 Å². The van der Waals surface area contributed by atoms with E-state index in [9.17, 15) is 44.8 Å². The zero-order valence-corrected chi connectivity index (χ0v) is 32.0. The minimum Gasteiger partial charge on any atom is -0.507 e. The van der Waals surface area contributed by atoms with E-state index in [0.29, 0.717) is 22.3 Å². The van der Waals surface area contributed by atoms with Gasteiger partial charge in [-0.15, -0.1) is 0 Å². The average molecular weight is 745 g/mol. The van der Waals surface area contributed by atoms with Gasteiger partial charge in [0.05, 0.1) is 49.9 Å². The lowest BCUT2D eigenvalue weighted by molar-refractivity contribution is -0.386. The summed E-state index contributed by atoms with van der Waals surface area (Å²) in [6.45, 7) is 17.9. The second-order valence-corrected chi connectivity index (χ2v) is 14.7. The summed E-state index contributed by atoms with van der Waals surface area (Å²) < 4.78 is 23.0. The summed E-state index contributed by atoms with van der Waals surface area (Å²) in [6, 6.07) is 5.58. The van der Waals surface area contributed by atoms with Crippen molar-refractivity contribution in [2.45, 2.75) is 90.9 Å². The van der Waals surface area contributed by atoms with E-state index in [1.807, 2.05) is 41.5 Å². The van der Waals surface area contributed by atoms with Crippen LogP contribution in [0.2, 0.25) is 0 Å². The fraction of sp³-hybridized carbons (Fsp3) is 0.559. The Morgan fingerprint density at radius 1 is 0.686 bits per heavy atom. The van der Waals surface area contributed by atoms with Crippen LogP contribution < -0.4 is 4.74 Å². The molecule has 0 aromatic heterocycles. The standard InChI is InChI=1S/C18H25NO8.C14H21NO4.C2H3ClO2/c1-17(2,3)11-8-12(18(4,5)10-26-15(20)24-6)14(27-16(21)25-7)9-13(11)19(22)23;1-13(2,3)9-6-10(14(4,5)8-16)12(17)7-11(9)15(18)19;1-5-2(3)4/h8-9H,10H2,1-7H3;6-7,16-17H,8H2,1-5H3;1H3. The number of methoxy groups -OCH3 is 3. The Morgan fingerprint density at radius 2 is 1.10 bits per heavy atom. The number of ether oxygens (including phenoxy) is 5. The van der Waals surface area contributed by atoms with E-state index in [0.717, 1.165) is 7.11 Å². The van der Waals surface area contributed by atoms with E-state index < -0.39 is 49.2 Å². The molecular formula is C34H49ClN2O14. The molecule has 17 heteroatoms. The Morgan fingerprint density at radius 3 is 1.45 bits per heavy atom. The monoisotopic (exact) mass is 744 g/mol. The molecule has 2 rings (SSSR count). The highest BCUT2D eigenvalue weighted by atomic mass is 35.5. The zero-order valence-electron chi connectivity index (χ0n) is 31.3. The molecule has 0 fully saturated rings. The molecule has 0 heterocycles. The maximum Gasteiger partial charge on any atom is 0.513 e. The van der Waals surface area contributed by atoms with Gasteiger partial charge in [-0.25, -0.2) is 14.4 Å². The number of phenols is 1. The fourth-order valence-electron chi connectivity index (χ4n) is 4.40. The number of hydrogen-bond acceptors (Lipinski definition) is 14. The van der Waals surface area contributed by atoms with Crippen LogP contribution in [0.15, 0.2) is 24.3 Å². The van der Waals surface area contributed by atoms with Crippen molar-refractivity contribution in [1.29, 1.82) is 0 Å². The molecule has 0 bridgehead atoms. The molecule has 286 valence electrons. The maximum absolute atomic E-state index is 11.6. The normalized spacial score (nSPS) is 11.4. The number of carbonyl (C=O) groups excluding carboxylic acids is 3. The van der Waals surface area contributed by atoms with Gasteiger partial charge in [0.25, 0.3) is 11.4 Å². The van der Waals surface area contributed by atoms with Gasteiger partial charge in [-0.05, 0) is 23.0 Å². The molecule has 0 aliphatic rings. The van der Waals surface area contributed by atoms with Gasteiger partial charge >= 0.3 is 17.7 Å². The second-order valence-electron chi connectivity index (χ2n) is 14.4. The fourth-order valence-corrected chi connectivity index (χ4v) is 4.40. The maximum atomic E-state index is 11.6. The number of halogens is 1. The van der Waals surface area contributed by atoms with Crippen LogP contribution in [-0.4, -0.2) is 72.3 Å². The van der Waals surface area contributed by atoms with Crippen LogP contribution in [-0.2, 0) is 40.6 Å². The van der Waals surface area contributed by atoms with Crippen LogP contribution in [0.25, 0.3) is 0 Å². The van der Waals surface area contributed by atoms with Crippen LogP contribution in [0.1, 0.15) is 91.5 Å². The number of benzene rings is 2. The first kappa shape index (κ1) is 46.3. The van der Waals surface area contributed by atoms with Crippen molar-refractivity contribution >= 4 is 40.7 Å². The van der Waals surface area contributed by atoms with Gasteiger partial charge in [0.2, 0.25) is 0 Å². The first-order valence-electron chi connectivity index (χ1n) is 15.3. The summed E-state index contributed by atoms with van der Waals surface area (Å²) in [5.41, 5.74) is -1.56. The van der Waals surface area contributed by atoms with Gasteiger partial charge in [-0.1, -0.05) is 69.2 Å². The molecule has 0 aliphatic heterocycles. The van der Waals surface area contributed by atoms with Crippen LogP contribution in [0.5, 0.6) is 11.5 Å². The quantitative estimate of drug-likeness (QED) is 0.0653. The first-order chi connectivity index (χ1) is 23.1. The number of nitro benzene ring substituents is 2. The average Bonchev–Trinajstić information content (AvgIpc) is 3.02. The summed E-state index contributed by atoms with van der Waals surface area (Å²) in [4.78, 5) is 53.9. The number of phenolic OH excluding ortho intramolecular Hbond substituents is 1. The van der Waals surface area contributed by atoms with Gasteiger partial charge < -0.3 is 33.9 Å². The number of aromatic hydroxyl groups is 1. The highest BCUT2D eigenvalue weighted by molar-refractivity contribution is 6.61. The van der Waals surface area contributed by atoms with Crippen molar-refractivity contribution in [3.8, 4) is 11.5 Å². The number of nitro groups is 2. The van der Waals surface area contributed by atoms with E-state index in [4.69, 9.17) is 9.47 Å². The summed E-state index contributed by atoms with van der Waals surface area (Å²) in [5, 5.41) is 42.0. The smallest absolute Gasteiger partial charge is 0.507 e. The summed E-state index contributed by atoms with van der Waals surface area (Å²) >= 11 is 4.60. The third kappa shape index (κ3) is 13.9. The van der Waals surface area contributed by atoms with Crippen LogP contribution in [0, 0.1) is 20.2 Å². The molecule has 2 aromatic carbocycles. The van der Waals surface area contributed by atoms with Crippen molar-refractivity contribution in [3.63, 3.8) is 0 Å². The molecule has 16 nitrogen and oxygen atoms in total. The molecule has 0 amide bonds. The molecule has 0 unspecified atom stereocenters. The van der Waals surface area contributed by atoms with E-state index in [-0.39, 0.29) is 36.1 Å². The minimum absolute atomic E-state index is 0.0417. The van der Waals surface area contributed by atoms with E-state index >= 15 is 0 Å². The zero-order chi connectivity index (χ0) is 40.3. The number of hydrogen-bond donors (Lipinski definition) is 2. The van der Waals surface area contributed by atoms with E-state index in [1.54, 1.807) is 39.8 Å². The molecule has 0 radical (unpaired) electrons. The SMILES string of the molecule is CC(C)(C)c1cc(C(C)(C)CO)c(O)cc1[N+](=O)[O-].COC(=O)Cl.COC(=O)OCC(C)(C)c1cc(C(C)(C)C)c([N+](=O)[O-])cc1OC(=O)OC. The Hall–Kier alpha value is -4.70. The number of rotatable bonds is 8. The van der Waals surface area contributed by atoms with Gasteiger partial charge in [0.15, 0.2) is 0 Å². The lowest BCUT2D eigenvalue weighted by Crippen LogP contribution is -2.28. The van der Waals surface area contributed by atoms with Crippen molar-refractivity contribution < 1.29 is 58.1 Å². The molecule has 2 N–H and O–H groups in total. The number of carbonyl (C=O) groups is 3. The highest BCUT2D eigenvalue weighted by Crippen LogP contribution is 2.42. The predicted octanol–water partition coefficient (Wildman–Crippen LogP) is 7.96. The number of aliphatic hydroxyl groups excluding tert-OH is 1. The molecule has 0 saturated carbocycles. The molecule has 2 aromatic rings. The predicted molar refractivity (Wildman–Crippen MR) is 188 cm³/mol. The Balaban J connectivity index is 0.000000903. The second kappa shape index (κ2) is 18.5. The third-order valence-corrected chi connectivity index (χ3v) is 7.47. The summed E-state index contributed by atoms with van der Waals surface area (Å²) in [6.07, 6.45) is -1.88. The van der Waals surface area contributed by atoms with Crippen molar-refractivity contribution in [1.82, 2.24) is 0 Å². The molecular weight excluding hydrogens is 696 g/mol. The largest absolute Gasteiger partial charge is 0.513 e. The van der Waals surface area contributed by atoms with Crippen LogP contribution >= 0.6 is 11.6 Å². The Kier molecular flexibility index (Phi) is 16.8. The number of nitrogens with zero attached hydrogens (tertiary/aromatic N) is 2. The van der Waals surface area contributed by atoms with Crippen molar-refractivity contribution in [2.24, 2.45) is 0 Å². The van der Waals surface area contributed by atoms with Crippen molar-refractivity contribution in [3.05, 3.63) is 66.7 Å². The molecule has 51 heavy (non-hydrogen) atoms. The molecule has 0 spiro atoms.